The molecule has 3 rings (SSSR count). The van der Waals surface area contributed by atoms with Gasteiger partial charge in [-0.05, 0) is 50.1 Å². The number of amidine groups is 1. The number of benzene rings is 1. The van der Waals surface area contributed by atoms with Crippen LogP contribution in [-0.2, 0) is 14.3 Å². The molecule has 2 aliphatic rings. The van der Waals surface area contributed by atoms with E-state index in [4.69, 9.17) is 9.73 Å². The zero-order valence-corrected chi connectivity index (χ0v) is 19.9. The lowest BCUT2D eigenvalue weighted by Crippen LogP contribution is -2.39. The van der Waals surface area contributed by atoms with Crippen LogP contribution in [0.15, 0.2) is 51.6 Å². The molecular formula is C24H31N3O3S. The van der Waals surface area contributed by atoms with Crippen molar-refractivity contribution >= 4 is 28.8 Å². The molecule has 2 heterocycles. The van der Waals surface area contributed by atoms with Crippen LogP contribution in [0.25, 0.3) is 0 Å². The van der Waals surface area contributed by atoms with Crippen molar-refractivity contribution in [1.82, 2.24) is 10.2 Å². The van der Waals surface area contributed by atoms with Crippen molar-refractivity contribution in [2.24, 2.45) is 10.9 Å². The van der Waals surface area contributed by atoms with E-state index >= 15 is 0 Å². The van der Waals surface area contributed by atoms with E-state index in [1.54, 1.807) is 0 Å². The summed E-state index contributed by atoms with van der Waals surface area (Å²) in [5, 5.41) is 5.72. The standard InChI is InChI=1S/C24H31N3O3S/c1-14(2)12-25-20(28)11-18-13-31-24-26-17(6)21(23(29)30-15(3)4)22(27(18)24)19-10-8-7-9-16(19)5/h7-10,13-15,22H,11-12H2,1-6H3,(H,25,28)/t22-/m0/s1. The number of esters is 1. The van der Waals surface area contributed by atoms with Crippen LogP contribution in [0.3, 0.4) is 0 Å². The van der Waals surface area contributed by atoms with E-state index in [0.717, 1.165) is 22.0 Å². The highest BCUT2D eigenvalue weighted by molar-refractivity contribution is 8.16. The van der Waals surface area contributed by atoms with Gasteiger partial charge in [0.05, 0.1) is 29.8 Å². The molecule has 1 aromatic carbocycles. The topological polar surface area (TPSA) is 71.0 Å². The van der Waals surface area contributed by atoms with Crippen molar-refractivity contribution in [2.75, 3.05) is 6.54 Å². The number of allylic oxidation sites excluding steroid dienone is 1. The number of aryl methyl sites for hydroxylation is 1. The van der Waals surface area contributed by atoms with Crippen molar-refractivity contribution in [1.29, 1.82) is 0 Å². The van der Waals surface area contributed by atoms with E-state index < -0.39 is 0 Å². The number of ether oxygens (including phenoxy) is 1. The van der Waals surface area contributed by atoms with E-state index in [0.29, 0.717) is 23.7 Å². The number of amides is 1. The molecule has 0 aromatic heterocycles. The van der Waals surface area contributed by atoms with Crippen LogP contribution < -0.4 is 5.32 Å². The van der Waals surface area contributed by atoms with Gasteiger partial charge in [0, 0.05) is 12.2 Å². The van der Waals surface area contributed by atoms with Gasteiger partial charge in [0.15, 0.2) is 5.17 Å². The predicted molar refractivity (Wildman–Crippen MR) is 125 cm³/mol. The van der Waals surface area contributed by atoms with Gasteiger partial charge in [-0.3, -0.25) is 4.79 Å². The van der Waals surface area contributed by atoms with E-state index in [2.05, 4.69) is 19.2 Å². The highest BCUT2D eigenvalue weighted by Gasteiger charge is 2.41. The number of carbonyl (C=O) groups excluding carboxylic acids is 2. The normalized spacial score (nSPS) is 18.2. The second-order valence-corrected chi connectivity index (χ2v) is 9.41. The maximum absolute atomic E-state index is 13.1. The lowest BCUT2D eigenvalue weighted by Gasteiger charge is -2.37. The second kappa shape index (κ2) is 9.73. The Kier molecular flexibility index (Phi) is 7.26. The Morgan fingerprint density at radius 3 is 2.55 bits per heavy atom. The minimum atomic E-state index is -0.390. The zero-order chi connectivity index (χ0) is 22.7. The lowest BCUT2D eigenvalue weighted by molar-refractivity contribution is -0.143. The first-order valence-electron chi connectivity index (χ1n) is 10.7. The highest BCUT2D eigenvalue weighted by Crippen LogP contribution is 2.45. The fourth-order valence-electron chi connectivity index (χ4n) is 3.64. The van der Waals surface area contributed by atoms with Crippen LogP contribution in [-0.4, -0.2) is 34.6 Å². The molecule has 0 aliphatic carbocycles. The van der Waals surface area contributed by atoms with Gasteiger partial charge in [0.25, 0.3) is 0 Å². The van der Waals surface area contributed by atoms with Crippen molar-refractivity contribution in [3.8, 4) is 0 Å². The molecule has 0 spiro atoms. The number of hydrogen-bond donors (Lipinski definition) is 1. The summed E-state index contributed by atoms with van der Waals surface area (Å²) in [4.78, 5) is 32.4. The molecular weight excluding hydrogens is 410 g/mol. The Morgan fingerprint density at radius 1 is 1.19 bits per heavy atom. The SMILES string of the molecule is CC1=C(C(=O)OC(C)C)[C@H](c2ccccc2C)N2C(CC(=O)NCC(C)C)=CSC2=N1. The molecule has 31 heavy (non-hydrogen) atoms. The van der Waals surface area contributed by atoms with Gasteiger partial charge < -0.3 is 15.0 Å². The van der Waals surface area contributed by atoms with Gasteiger partial charge in [0.2, 0.25) is 5.91 Å². The molecule has 166 valence electrons. The Labute approximate surface area is 188 Å². The molecule has 0 saturated heterocycles. The van der Waals surface area contributed by atoms with Crippen molar-refractivity contribution in [3.63, 3.8) is 0 Å². The summed E-state index contributed by atoms with van der Waals surface area (Å²) in [6.07, 6.45) is -0.00683. The van der Waals surface area contributed by atoms with Crippen LogP contribution in [0.5, 0.6) is 0 Å². The van der Waals surface area contributed by atoms with Gasteiger partial charge in [-0.15, -0.1) is 0 Å². The first kappa shape index (κ1) is 23.1. The number of rotatable bonds is 7. The van der Waals surface area contributed by atoms with Crippen LogP contribution in [0, 0.1) is 12.8 Å². The summed E-state index contributed by atoms with van der Waals surface area (Å²) in [5.74, 6) is -0.0299. The average molecular weight is 442 g/mol. The minimum Gasteiger partial charge on any atom is -0.459 e. The Bertz CT molecular complexity index is 963. The molecule has 0 radical (unpaired) electrons. The van der Waals surface area contributed by atoms with E-state index in [1.165, 1.54) is 11.8 Å². The molecule has 0 saturated carbocycles. The number of aliphatic imine (C=N–C) groups is 1. The third-order valence-electron chi connectivity index (χ3n) is 5.10. The minimum absolute atomic E-state index is 0.0390. The zero-order valence-electron chi connectivity index (χ0n) is 19.1. The van der Waals surface area contributed by atoms with Gasteiger partial charge in [-0.25, -0.2) is 9.79 Å². The monoisotopic (exact) mass is 441 g/mol. The van der Waals surface area contributed by atoms with Crippen molar-refractivity contribution in [3.05, 3.63) is 57.8 Å². The molecule has 1 aromatic rings. The summed E-state index contributed by atoms with van der Waals surface area (Å²) in [6.45, 7) is 12.3. The van der Waals surface area contributed by atoms with E-state index in [1.807, 2.05) is 62.3 Å². The quantitative estimate of drug-likeness (QED) is 0.622. The molecule has 0 fully saturated rings. The predicted octanol–water partition coefficient (Wildman–Crippen LogP) is 4.68. The third-order valence-corrected chi connectivity index (χ3v) is 5.98. The molecule has 1 atom stereocenters. The number of thioether (sulfide) groups is 1. The van der Waals surface area contributed by atoms with Crippen LogP contribution in [0.2, 0.25) is 0 Å². The van der Waals surface area contributed by atoms with Gasteiger partial charge in [0.1, 0.15) is 0 Å². The molecule has 2 aliphatic heterocycles. The van der Waals surface area contributed by atoms with Crippen LogP contribution in [0.1, 0.15) is 58.2 Å². The van der Waals surface area contributed by atoms with Crippen LogP contribution in [0.4, 0.5) is 0 Å². The van der Waals surface area contributed by atoms with Crippen LogP contribution >= 0.6 is 11.8 Å². The molecule has 0 bridgehead atoms. The Morgan fingerprint density at radius 2 is 1.90 bits per heavy atom. The fraction of sp³-hybridized carbons (Fsp3) is 0.458. The summed E-state index contributed by atoms with van der Waals surface area (Å²) in [5.41, 5.74) is 4.07. The van der Waals surface area contributed by atoms with Gasteiger partial charge >= 0.3 is 5.97 Å². The largest absolute Gasteiger partial charge is 0.459 e. The Balaban J connectivity index is 2.00. The molecule has 0 unspecified atom stereocenters. The lowest BCUT2D eigenvalue weighted by atomic mass is 9.91. The van der Waals surface area contributed by atoms with Crippen molar-refractivity contribution in [2.45, 2.75) is 60.1 Å². The average Bonchev–Trinajstić information content (AvgIpc) is 3.07. The highest BCUT2D eigenvalue weighted by atomic mass is 32.2. The fourth-order valence-corrected chi connectivity index (χ4v) is 4.61. The molecule has 1 N–H and O–H groups in total. The second-order valence-electron chi connectivity index (χ2n) is 8.58. The Hall–Kier alpha value is -2.54. The van der Waals surface area contributed by atoms with Gasteiger partial charge in [-0.2, -0.15) is 0 Å². The molecule has 1 amide bonds. The first-order valence-corrected chi connectivity index (χ1v) is 11.5. The molecule has 7 heteroatoms. The van der Waals surface area contributed by atoms with Crippen molar-refractivity contribution < 1.29 is 14.3 Å². The smallest absolute Gasteiger partial charge is 0.338 e. The number of fused-ring (bicyclic) bond motifs is 1. The summed E-state index contributed by atoms with van der Waals surface area (Å²) < 4.78 is 5.58. The summed E-state index contributed by atoms with van der Waals surface area (Å²) in [7, 11) is 0. The number of nitrogens with zero attached hydrogens (tertiary/aromatic N) is 2. The first-order chi connectivity index (χ1) is 14.7. The maximum atomic E-state index is 13.1. The summed E-state index contributed by atoms with van der Waals surface area (Å²) >= 11 is 1.48. The number of nitrogens with one attached hydrogen (secondary N) is 1. The number of hydrogen-bond acceptors (Lipinski definition) is 6. The van der Waals surface area contributed by atoms with Gasteiger partial charge in [-0.1, -0.05) is 49.9 Å². The number of carbonyl (C=O) groups is 2. The van der Waals surface area contributed by atoms with E-state index in [9.17, 15) is 9.59 Å². The third kappa shape index (κ3) is 5.21. The summed E-state index contributed by atoms with van der Waals surface area (Å²) in [6, 6.07) is 7.62. The van der Waals surface area contributed by atoms with E-state index in [-0.39, 0.29) is 30.4 Å². The maximum Gasteiger partial charge on any atom is 0.338 e. The molecule has 6 nitrogen and oxygen atoms in total.